The Bertz CT molecular complexity index is 708. The Balaban J connectivity index is 2.43. The van der Waals surface area contributed by atoms with E-state index in [2.05, 4.69) is 20.9 Å². The summed E-state index contributed by atoms with van der Waals surface area (Å²) in [6.45, 7) is 0.181. The first-order valence-electron chi connectivity index (χ1n) is 5.00. The number of hydrogen-bond acceptors (Lipinski definition) is 3. The van der Waals surface area contributed by atoms with E-state index in [1.54, 1.807) is 6.07 Å². The highest BCUT2D eigenvalue weighted by Crippen LogP contribution is 2.18. The molecule has 0 unspecified atom stereocenters. The van der Waals surface area contributed by atoms with Crippen LogP contribution < -0.4 is 17.0 Å². The van der Waals surface area contributed by atoms with Gasteiger partial charge < -0.3 is 5.73 Å². The number of aromatic amines is 1. The van der Waals surface area contributed by atoms with Crippen molar-refractivity contribution in [3.63, 3.8) is 0 Å². The van der Waals surface area contributed by atoms with Crippen LogP contribution in [0.5, 0.6) is 0 Å². The Kier molecular flexibility index (Phi) is 3.33. The lowest BCUT2D eigenvalue weighted by atomic mass is 10.2. The van der Waals surface area contributed by atoms with Crippen molar-refractivity contribution in [3.8, 4) is 0 Å². The summed E-state index contributed by atoms with van der Waals surface area (Å²) in [7, 11) is 0. The molecule has 2 rings (SSSR count). The van der Waals surface area contributed by atoms with Gasteiger partial charge in [0, 0.05) is 10.7 Å². The molecule has 94 valence electrons. The van der Waals surface area contributed by atoms with Crippen LogP contribution in [0.3, 0.4) is 0 Å². The van der Waals surface area contributed by atoms with Crippen LogP contribution in [0.4, 0.5) is 10.1 Å². The summed E-state index contributed by atoms with van der Waals surface area (Å²) in [6.07, 6.45) is 1.26. The van der Waals surface area contributed by atoms with Gasteiger partial charge in [-0.1, -0.05) is 22.0 Å². The number of H-pyrrole nitrogens is 1. The summed E-state index contributed by atoms with van der Waals surface area (Å²) in [5, 5.41) is 0. The molecule has 0 spiro atoms. The number of nitrogens with two attached hydrogens (primary N) is 1. The van der Waals surface area contributed by atoms with Gasteiger partial charge >= 0.3 is 5.69 Å². The Hall–Kier alpha value is -1.89. The molecule has 0 radical (unpaired) electrons. The normalized spacial score (nSPS) is 10.6. The van der Waals surface area contributed by atoms with Gasteiger partial charge in [-0.2, -0.15) is 0 Å². The zero-order chi connectivity index (χ0) is 13.3. The van der Waals surface area contributed by atoms with Crippen molar-refractivity contribution >= 4 is 21.6 Å². The molecule has 0 saturated carbocycles. The van der Waals surface area contributed by atoms with Gasteiger partial charge in [0.1, 0.15) is 11.5 Å². The molecule has 0 aliphatic rings. The van der Waals surface area contributed by atoms with Crippen LogP contribution >= 0.6 is 15.9 Å². The lowest BCUT2D eigenvalue weighted by Gasteiger charge is -2.07. The number of benzene rings is 1. The number of halogens is 2. The third kappa shape index (κ3) is 2.51. The van der Waals surface area contributed by atoms with E-state index in [-0.39, 0.29) is 18.0 Å². The van der Waals surface area contributed by atoms with Crippen molar-refractivity contribution in [2.45, 2.75) is 6.54 Å². The highest BCUT2D eigenvalue weighted by Gasteiger charge is 2.06. The van der Waals surface area contributed by atoms with E-state index in [1.165, 1.54) is 22.9 Å². The van der Waals surface area contributed by atoms with Gasteiger partial charge in [-0.3, -0.25) is 14.3 Å². The number of nitrogen functional groups attached to an aromatic ring is 1. The summed E-state index contributed by atoms with van der Waals surface area (Å²) in [5.74, 6) is -0.376. The molecule has 0 atom stereocenters. The fourth-order valence-electron chi connectivity index (χ4n) is 1.48. The van der Waals surface area contributed by atoms with Crippen LogP contribution in [0, 0.1) is 5.82 Å². The fraction of sp³-hybridized carbons (Fsp3) is 0.0909. The molecule has 7 heteroatoms. The highest BCUT2D eigenvalue weighted by molar-refractivity contribution is 9.10. The minimum Gasteiger partial charge on any atom is -0.393 e. The topological polar surface area (TPSA) is 80.9 Å². The molecule has 1 heterocycles. The van der Waals surface area contributed by atoms with Crippen LogP contribution in [-0.4, -0.2) is 9.55 Å². The summed E-state index contributed by atoms with van der Waals surface area (Å²) in [4.78, 5) is 24.7. The minimum absolute atomic E-state index is 0.0483. The smallest absolute Gasteiger partial charge is 0.328 e. The molecule has 0 aliphatic heterocycles. The molecular formula is C11H9BrFN3O2. The van der Waals surface area contributed by atoms with Crippen molar-refractivity contribution in [2.24, 2.45) is 0 Å². The van der Waals surface area contributed by atoms with Crippen molar-refractivity contribution in [1.29, 1.82) is 0 Å². The second-order valence-corrected chi connectivity index (χ2v) is 4.56. The molecule has 0 saturated heterocycles. The Morgan fingerprint density at radius 2 is 2.11 bits per heavy atom. The average Bonchev–Trinajstić information content (AvgIpc) is 2.29. The average molecular weight is 314 g/mol. The van der Waals surface area contributed by atoms with Crippen LogP contribution in [0.1, 0.15) is 5.56 Å². The van der Waals surface area contributed by atoms with E-state index < -0.39 is 11.2 Å². The number of hydrogen-bond donors (Lipinski definition) is 2. The maximum atomic E-state index is 12.9. The van der Waals surface area contributed by atoms with E-state index >= 15 is 0 Å². The third-order valence-electron chi connectivity index (χ3n) is 2.39. The van der Waals surface area contributed by atoms with Crippen molar-refractivity contribution in [1.82, 2.24) is 9.55 Å². The van der Waals surface area contributed by atoms with E-state index in [4.69, 9.17) is 5.73 Å². The second kappa shape index (κ2) is 4.77. The molecule has 0 bridgehead atoms. The van der Waals surface area contributed by atoms with Crippen LogP contribution in [0.15, 0.2) is 38.5 Å². The zero-order valence-electron chi connectivity index (χ0n) is 9.11. The Morgan fingerprint density at radius 1 is 1.39 bits per heavy atom. The maximum absolute atomic E-state index is 12.9. The van der Waals surface area contributed by atoms with Gasteiger partial charge in [0.15, 0.2) is 0 Å². The standard InChI is InChI=1S/C11H9BrFN3O2/c12-8-3-7(13)2-1-6(8)4-16-5-9(14)10(17)15-11(16)18/h1-3,5H,4,14H2,(H,15,17,18). The van der Waals surface area contributed by atoms with Gasteiger partial charge in [-0.15, -0.1) is 0 Å². The van der Waals surface area contributed by atoms with E-state index in [0.29, 0.717) is 10.0 Å². The van der Waals surface area contributed by atoms with Gasteiger partial charge in [0.2, 0.25) is 0 Å². The second-order valence-electron chi connectivity index (χ2n) is 3.71. The van der Waals surface area contributed by atoms with E-state index in [9.17, 15) is 14.0 Å². The molecule has 5 nitrogen and oxygen atoms in total. The number of nitrogens with one attached hydrogen (secondary N) is 1. The SMILES string of the molecule is Nc1cn(Cc2ccc(F)cc2Br)c(=O)[nH]c1=O. The van der Waals surface area contributed by atoms with Crippen LogP contribution in [-0.2, 0) is 6.54 Å². The summed E-state index contributed by atoms with van der Waals surface area (Å²) < 4.78 is 14.7. The van der Waals surface area contributed by atoms with Gasteiger partial charge in [0.25, 0.3) is 5.56 Å². The minimum atomic E-state index is -0.616. The van der Waals surface area contributed by atoms with Gasteiger partial charge in [-0.25, -0.2) is 9.18 Å². The lowest BCUT2D eigenvalue weighted by Crippen LogP contribution is -2.31. The molecule has 0 amide bonds. The van der Waals surface area contributed by atoms with Crippen molar-refractivity contribution in [3.05, 3.63) is 61.1 Å². The molecule has 18 heavy (non-hydrogen) atoms. The molecular weight excluding hydrogens is 305 g/mol. The molecule has 0 aliphatic carbocycles. The fourth-order valence-corrected chi connectivity index (χ4v) is 1.95. The van der Waals surface area contributed by atoms with Gasteiger partial charge in [0.05, 0.1) is 6.54 Å². The molecule has 1 aromatic heterocycles. The first-order chi connectivity index (χ1) is 8.47. The number of aromatic nitrogens is 2. The highest BCUT2D eigenvalue weighted by atomic mass is 79.9. The first kappa shape index (κ1) is 12.6. The maximum Gasteiger partial charge on any atom is 0.328 e. The summed E-state index contributed by atoms with van der Waals surface area (Å²) in [5.41, 5.74) is 4.90. The predicted octanol–water partition coefficient (Wildman–Crippen LogP) is 1.07. The molecule has 2 aromatic rings. The lowest BCUT2D eigenvalue weighted by molar-refractivity contribution is 0.624. The Morgan fingerprint density at radius 3 is 2.78 bits per heavy atom. The van der Waals surface area contributed by atoms with Gasteiger partial charge in [-0.05, 0) is 17.7 Å². The van der Waals surface area contributed by atoms with Crippen molar-refractivity contribution < 1.29 is 4.39 Å². The quantitative estimate of drug-likeness (QED) is 0.870. The van der Waals surface area contributed by atoms with Crippen LogP contribution in [0.2, 0.25) is 0 Å². The summed E-state index contributed by atoms with van der Waals surface area (Å²) in [6, 6.07) is 4.14. The van der Waals surface area contributed by atoms with Crippen LogP contribution in [0.25, 0.3) is 0 Å². The Labute approximate surface area is 109 Å². The number of rotatable bonds is 2. The molecule has 1 aromatic carbocycles. The first-order valence-corrected chi connectivity index (χ1v) is 5.80. The molecule has 3 N–H and O–H groups in total. The zero-order valence-corrected chi connectivity index (χ0v) is 10.7. The van der Waals surface area contributed by atoms with E-state index in [0.717, 1.165) is 0 Å². The summed E-state index contributed by atoms with van der Waals surface area (Å²) >= 11 is 3.20. The van der Waals surface area contributed by atoms with Crippen molar-refractivity contribution in [2.75, 3.05) is 5.73 Å². The largest absolute Gasteiger partial charge is 0.393 e. The number of anilines is 1. The number of nitrogens with zero attached hydrogens (tertiary/aromatic N) is 1. The molecule has 0 fully saturated rings. The monoisotopic (exact) mass is 313 g/mol. The van der Waals surface area contributed by atoms with E-state index in [1.807, 2.05) is 0 Å². The third-order valence-corrected chi connectivity index (χ3v) is 3.13. The predicted molar refractivity (Wildman–Crippen MR) is 68.9 cm³/mol.